The number of halogens is 1. The lowest BCUT2D eigenvalue weighted by atomic mass is 10.2. The SMILES string of the molecule is COc1cc(C)cc(S(=O)(=O)Cl)c1. The molecule has 0 spiro atoms. The molecule has 1 aromatic carbocycles. The van der Waals surface area contributed by atoms with Crippen LogP contribution in [0.5, 0.6) is 5.75 Å². The summed E-state index contributed by atoms with van der Waals surface area (Å²) in [5.41, 5.74) is 0.790. The minimum absolute atomic E-state index is 0.0611. The molecule has 0 heterocycles. The lowest BCUT2D eigenvalue weighted by Crippen LogP contribution is -1.93. The molecule has 0 saturated heterocycles. The first-order valence-corrected chi connectivity index (χ1v) is 5.85. The summed E-state index contributed by atoms with van der Waals surface area (Å²) in [5.74, 6) is 0.485. The molecule has 5 heteroatoms. The van der Waals surface area contributed by atoms with Gasteiger partial charge in [0.25, 0.3) is 9.05 Å². The van der Waals surface area contributed by atoms with Gasteiger partial charge in [-0.15, -0.1) is 0 Å². The topological polar surface area (TPSA) is 43.4 Å². The summed E-state index contributed by atoms with van der Waals surface area (Å²) in [4.78, 5) is 0.0611. The van der Waals surface area contributed by atoms with E-state index in [0.29, 0.717) is 5.75 Å². The van der Waals surface area contributed by atoms with E-state index in [4.69, 9.17) is 15.4 Å². The van der Waals surface area contributed by atoms with E-state index < -0.39 is 9.05 Å². The molecule has 13 heavy (non-hydrogen) atoms. The highest BCUT2D eigenvalue weighted by Gasteiger charge is 2.11. The van der Waals surface area contributed by atoms with Crippen LogP contribution in [0.1, 0.15) is 5.56 Å². The molecular formula is C8H9ClO3S. The predicted molar refractivity (Wildman–Crippen MR) is 50.8 cm³/mol. The second-order valence-corrected chi connectivity index (χ2v) is 5.19. The maximum absolute atomic E-state index is 11.0. The first-order valence-electron chi connectivity index (χ1n) is 3.54. The molecule has 0 aliphatic heterocycles. The minimum Gasteiger partial charge on any atom is -0.497 e. The second kappa shape index (κ2) is 3.55. The molecule has 0 saturated carbocycles. The summed E-state index contributed by atoms with van der Waals surface area (Å²) < 4.78 is 26.8. The van der Waals surface area contributed by atoms with Crippen molar-refractivity contribution in [3.63, 3.8) is 0 Å². The number of rotatable bonds is 2. The van der Waals surface area contributed by atoms with Gasteiger partial charge in [-0.3, -0.25) is 0 Å². The first kappa shape index (κ1) is 10.3. The summed E-state index contributed by atoms with van der Waals surface area (Å²) in [6, 6.07) is 4.60. The summed E-state index contributed by atoms with van der Waals surface area (Å²) in [6.07, 6.45) is 0. The average Bonchev–Trinajstić information content (AvgIpc) is 2.01. The summed E-state index contributed by atoms with van der Waals surface area (Å²) >= 11 is 0. The van der Waals surface area contributed by atoms with Gasteiger partial charge in [-0.2, -0.15) is 0 Å². The third-order valence-corrected chi connectivity index (χ3v) is 2.87. The van der Waals surface area contributed by atoms with E-state index in [0.717, 1.165) is 5.56 Å². The standard InChI is InChI=1S/C8H9ClO3S/c1-6-3-7(12-2)5-8(4-6)13(9,10)11/h3-5H,1-2H3. The lowest BCUT2D eigenvalue weighted by Gasteiger charge is -2.03. The van der Waals surface area contributed by atoms with Gasteiger partial charge in [-0.05, 0) is 24.6 Å². The van der Waals surface area contributed by atoms with Crippen molar-refractivity contribution in [1.82, 2.24) is 0 Å². The average molecular weight is 221 g/mol. The fraction of sp³-hybridized carbons (Fsp3) is 0.250. The van der Waals surface area contributed by atoms with Gasteiger partial charge in [0.2, 0.25) is 0 Å². The van der Waals surface area contributed by atoms with E-state index >= 15 is 0 Å². The van der Waals surface area contributed by atoms with Crippen LogP contribution in [0.25, 0.3) is 0 Å². The van der Waals surface area contributed by atoms with Gasteiger partial charge in [0.1, 0.15) is 5.75 Å². The molecule has 0 bridgehead atoms. The van der Waals surface area contributed by atoms with Crippen molar-refractivity contribution in [3.8, 4) is 5.75 Å². The zero-order valence-electron chi connectivity index (χ0n) is 7.24. The maximum Gasteiger partial charge on any atom is 0.261 e. The van der Waals surface area contributed by atoms with E-state index in [1.165, 1.54) is 19.2 Å². The van der Waals surface area contributed by atoms with Gasteiger partial charge in [-0.1, -0.05) is 0 Å². The third kappa shape index (κ3) is 2.60. The number of methoxy groups -OCH3 is 1. The Labute approximate surface area is 81.7 Å². The number of benzene rings is 1. The van der Waals surface area contributed by atoms with E-state index in [1.807, 2.05) is 0 Å². The highest BCUT2D eigenvalue weighted by molar-refractivity contribution is 8.13. The Bertz CT molecular complexity index is 411. The highest BCUT2D eigenvalue weighted by atomic mass is 35.7. The van der Waals surface area contributed by atoms with Crippen molar-refractivity contribution in [3.05, 3.63) is 23.8 Å². The van der Waals surface area contributed by atoms with Crippen molar-refractivity contribution in [2.45, 2.75) is 11.8 Å². The smallest absolute Gasteiger partial charge is 0.261 e. The van der Waals surface area contributed by atoms with Gasteiger partial charge in [0.05, 0.1) is 12.0 Å². The van der Waals surface area contributed by atoms with Crippen LogP contribution < -0.4 is 4.74 Å². The van der Waals surface area contributed by atoms with Crippen LogP contribution in [0.2, 0.25) is 0 Å². The third-order valence-electron chi connectivity index (χ3n) is 1.54. The Morgan fingerprint density at radius 3 is 2.38 bits per heavy atom. The van der Waals surface area contributed by atoms with Gasteiger partial charge < -0.3 is 4.74 Å². The van der Waals surface area contributed by atoms with Crippen LogP contribution in [0.15, 0.2) is 23.1 Å². The van der Waals surface area contributed by atoms with Crippen molar-refractivity contribution < 1.29 is 13.2 Å². The van der Waals surface area contributed by atoms with Crippen LogP contribution in [0.3, 0.4) is 0 Å². The molecular weight excluding hydrogens is 212 g/mol. The Morgan fingerprint density at radius 1 is 1.31 bits per heavy atom. The highest BCUT2D eigenvalue weighted by Crippen LogP contribution is 2.22. The van der Waals surface area contributed by atoms with Crippen molar-refractivity contribution in [2.24, 2.45) is 0 Å². The molecule has 0 aliphatic rings. The van der Waals surface area contributed by atoms with Crippen LogP contribution in [-0.2, 0) is 9.05 Å². The molecule has 72 valence electrons. The van der Waals surface area contributed by atoms with Crippen LogP contribution >= 0.6 is 10.7 Å². The molecule has 0 aliphatic carbocycles. The molecule has 0 radical (unpaired) electrons. The number of hydrogen-bond acceptors (Lipinski definition) is 3. The molecule has 1 rings (SSSR count). The lowest BCUT2D eigenvalue weighted by molar-refractivity contribution is 0.413. The summed E-state index contributed by atoms with van der Waals surface area (Å²) in [7, 11) is 2.98. The molecule has 3 nitrogen and oxygen atoms in total. The van der Waals surface area contributed by atoms with Crippen molar-refractivity contribution in [1.29, 1.82) is 0 Å². The Morgan fingerprint density at radius 2 is 1.92 bits per heavy atom. The van der Waals surface area contributed by atoms with E-state index in [2.05, 4.69) is 0 Å². The zero-order chi connectivity index (χ0) is 10.1. The predicted octanol–water partition coefficient (Wildman–Crippen LogP) is 1.93. The molecule has 1 aromatic rings. The molecule has 0 unspecified atom stereocenters. The number of ether oxygens (including phenoxy) is 1. The number of aryl methyl sites for hydroxylation is 1. The van der Waals surface area contributed by atoms with Crippen LogP contribution in [0, 0.1) is 6.92 Å². The van der Waals surface area contributed by atoms with E-state index in [9.17, 15) is 8.42 Å². The molecule has 0 fully saturated rings. The maximum atomic E-state index is 11.0. The largest absolute Gasteiger partial charge is 0.497 e. The monoisotopic (exact) mass is 220 g/mol. The fourth-order valence-corrected chi connectivity index (χ4v) is 1.82. The van der Waals surface area contributed by atoms with Crippen LogP contribution in [-0.4, -0.2) is 15.5 Å². The summed E-state index contributed by atoms with van der Waals surface area (Å²) in [5, 5.41) is 0. The van der Waals surface area contributed by atoms with E-state index in [1.54, 1.807) is 13.0 Å². The van der Waals surface area contributed by atoms with Gasteiger partial charge >= 0.3 is 0 Å². The quantitative estimate of drug-likeness (QED) is 0.716. The van der Waals surface area contributed by atoms with Crippen molar-refractivity contribution in [2.75, 3.05) is 7.11 Å². The van der Waals surface area contributed by atoms with E-state index in [-0.39, 0.29) is 4.90 Å². The minimum atomic E-state index is -3.67. The summed E-state index contributed by atoms with van der Waals surface area (Å²) in [6.45, 7) is 1.77. The number of hydrogen-bond donors (Lipinski definition) is 0. The molecule has 0 amide bonds. The van der Waals surface area contributed by atoms with Gasteiger partial charge in [-0.25, -0.2) is 8.42 Å². The van der Waals surface area contributed by atoms with Gasteiger partial charge in [0, 0.05) is 16.7 Å². The molecule has 0 atom stereocenters. The molecule has 0 aromatic heterocycles. The zero-order valence-corrected chi connectivity index (χ0v) is 8.82. The first-order chi connectivity index (χ1) is 5.93. The Hall–Kier alpha value is -0.740. The Kier molecular flexibility index (Phi) is 2.83. The fourth-order valence-electron chi connectivity index (χ4n) is 0.973. The van der Waals surface area contributed by atoms with Crippen LogP contribution in [0.4, 0.5) is 0 Å². The van der Waals surface area contributed by atoms with Crippen molar-refractivity contribution >= 4 is 19.7 Å². The second-order valence-electron chi connectivity index (χ2n) is 2.62. The molecule has 0 N–H and O–H groups in total. The Balaban J connectivity index is 3.33. The van der Waals surface area contributed by atoms with Gasteiger partial charge in [0.15, 0.2) is 0 Å². The normalized spacial score (nSPS) is 11.3.